The Hall–Kier alpha value is -0.606. The quantitative estimate of drug-likeness (QED) is 0.233. The molecule has 31 heavy (non-hydrogen) atoms. The first-order valence-electron chi connectivity index (χ1n) is 11.1. The maximum absolute atomic E-state index is 7.06. The fraction of sp³-hybridized carbons (Fsp3) is 0.500. The molecular weight excluding hydrogens is 552 g/mol. The molecule has 0 heterocycles. The smallest absolute Gasteiger partial charge is 0.217 e. The van der Waals surface area contributed by atoms with E-state index >= 15 is 0 Å². The van der Waals surface area contributed by atoms with Crippen molar-refractivity contribution in [2.75, 3.05) is 0 Å². The molecule has 2 atom stereocenters. The lowest BCUT2D eigenvalue weighted by Gasteiger charge is -2.42. The Bertz CT molecular complexity index is 728. The topological polar surface area (TPSA) is 27.7 Å². The number of ether oxygens (including phenoxy) is 2. The van der Waals surface area contributed by atoms with E-state index in [9.17, 15) is 0 Å². The highest BCUT2D eigenvalue weighted by atomic mass is 79.9. The van der Waals surface area contributed by atoms with Gasteiger partial charge < -0.3 is 13.6 Å². The monoisotopic (exact) mass is 586 g/mol. The summed E-state index contributed by atoms with van der Waals surface area (Å²) in [7, 11) is -4.33. The minimum atomic E-state index is -2.16. The second-order valence-electron chi connectivity index (χ2n) is 9.01. The van der Waals surface area contributed by atoms with E-state index in [1.165, 1.54) is 0 Å². The third-order valence-electron chi connectivity index (χ3n) is 5.36. The molecule has 0 aliphatic heterocycles. The van der Waals surface area contributed by atoms with Gasteiger partial charge in [-0.1, -0.05) is 58.5 Å². The fourth-order valence-electron chi connectivity index (χ4n) is 3.79. The lowest BCUT2D eigenvalue weighted by Crippen LogP contribution is -2.60. The molecule has 0 saturated carbocycles. The van der Waals surface area contributed by atoms with Crippen molar-refractivity contribution in [3.63, 3.8) is 0 Å². The van der Waals surface area contributed by atoms with Crippen molar-refractivity contribution in [2.24, 2.45) is 0 Å². The van der Waals surface area contributed by atoms with Gasteiger partial charge in [-0.3, -0.25) is 0 Å². The van der Waals surface area contributed by atoms with Crippen LogP contribution in [0.2, 0.25) is 26.2 Å². The van der Waals surface area contributed by atoms with Crippen LogP contribution in [0.25, 0.3) is 0 Å². The van der Waals surface area contributed by atoms with Crippen molar-refractivity contribution in [2.45, 2.75) is 77.2 Å². The van der Waals surface area contributed by atoms with Gasteiger partial charge in [0.1, 0.15) is 23.0 Å². The molecule has 0 amide bonds. The maximum Gasteiger partial charge on any atom is 0.217 e. The summed E-state index contributed by atoms with van der Waals surface area (Å²) < 4.78 is 22.1. The zero-order valence-electron chi connectivity index (χ0n) is 19.6. The molecule has 0 bridgehead atoms. The van der Waals surface area contributed by atoms with E-state index in [4.69, 9.17) is 13.6 Å². The Morgan fingerprint density at radius 3 is 1.26 bits per heavy atom. The third-order valence-corrected chi connectivity index (χ3v) is 14.5. The van der Waals surface area contributed by atoms with Crippen LogP contribution in [0.5, 0.6) is 11.5 Å². The Morgan fingerprint density at radius 1 is 0.645 bits per heavy atom. The number of hydrogen-bond donors (Lipinski definition) is 0. The summed E-state index contributed by atoms with van der Waals surface area (Å²) >= 11 is 7.00. The normalized spacial score (nSPS) is 14.2. The van der Waals surface area contributed by atoms with Crippen LogP contribution in [0, 0.1) is 0 Å². The van der Waals surface area contributed by atoms with Gasteiger partial charge in [0.05, 0.1) is 0 Å². The molecule has 0 saturated heterocycles. The Morgan fingerprint density at radius 2 is 0.968 bits per heavy atom. The average Bonchev–Trinajstić information content (AvgIpc) is 2.69. The summed E-state index contributed by atoms with van der Waals surface area (Å²) in [6.07, 6.45) is 4.12. The van der Waals surface area contributed by atoms with E-state index in [1.54, 1.807) is 0 Å². The van der Waals surface area contributed by atoms with Crippen LogP contribution < -0.4 is 9.47 Å². The van der Waals surface area contributed by atoms with Crippen molar-refractivity contribution < 1.29 is 13.6 Å². The molecule has 0 N–H and O–H groups in total. The fourth-order valence-corrected chi connectivity index (χ4v) is 13.6. The molecule has 0 spiro atoms. The predicted molar refractivity (Wildman–Crippen MR) is 143 cm³/mol. The molecule has 0 fully saturated rings. The average molecular weight is 589 g/mol. The Labute approximate surface area is 207 Å². The van der Waals surface area contributed by atoms with Crippen molar-refractivity contribution in [3.05, 3.63) is 57.5 Å². The van der Waals surface area contributed by atoms with Gasteiger partial charge >= 0.3 is 0 Å². The van der Waals surface area contributed by atoms with Gasteiger partial charge in [-0.25, -0.2) is 0 Å². The highest BCUT2D eigenvalue weighted by molar-refractivity contribution is 9.10. The molecule has 2 aromatic rings. The highest BCUT2D eigenvalue weighted by Crippen LogP contribution is 2.30. The number of rotatable bonds is 12. The summed E-state index contributed by atoms with van der Waals surface area (Å²) in [5, 5.41) is 0. The van der Waals surface area contributed by atoms with Gasteiger partial charge in [0.15, 0.2) is 0 Å². The third kappa shape index (κ3) is 8.35. The van der Waals surface area contributed by atoms with Crippen molar-refractivity contribution in [1.29, 1.82) is 0 Å². The summed E-state index contributed by atoms with van der Waals surface area (Å²) in [5.74, 6) is 1.81. The second-order valence-corrected chi connectivity index (χ2v) is 19.4. The van der Waals surface area contributed by atoms with Crippen LogP contribution in [0.15, 0.2) is 57.5 Å². The Kier molecular flexibility index (Phi) is 10.3. The molecule has 172 valence electrons. The van der Waals surface area contributed by atoms with Crippen LogP contribution in [-0.2, 0) is 4.12 Å². The van der Waals surface area contributed by atoms with E-state index in [1.807, 2.05) is 48.5 Å². The van der Waals surface area contributed by atoms with E-state index in [0.29, 0.717) is 0 Å². The van der Waals surface area contributed by atoms with Gasteiger partial charge in [0.25, 0.3) is 0 Å². The van der Waals surface area contributed by atoms with E-state index in [0.717, 1.165) is 46.1 Å². The predicted octanol–water partition coefficient (Wildman–Crippen LogP) is 8.51. The first-order valence-corrected chi connectivity index (χ1v) is 18.7. The Balaban J connectivity index is 2.18. The van der Waals surface area contributed by atoms with Crippen molar-refractivity contribution in [1.82, 2.24) is 0 Å². The number of benzene rings is 2. The number of hydrogen-bond acceptors (Lipinski definition) is 3. The molecule has 0 aliphatic carbocycles. The van der Waals surface area contributed by atoms with Gasteiger partial charge in [-0.15, -0.1) is 0 Å². The SMILES string of the molecule is CCCC(Oc1ccc(Br)cc1)[Si](C)(C)O[Si](C)(C)C(CCC)Oc1ccc(Br)cc1. The van der Waals surface area contributed by atoms with Gasteiger partial charge in [0.2, 0.25) is 16.6 Å². The molecule has 2 rings (SSSR count). The van der Waals surface area contributed by atoms with E-state index in [-0.39, 0.29) is 11.5 Å². The number of halogens is 2. The lowest BCUT2D eigenvalue weighted by molar-refractivity contribution is 0.216. The van der Waals surface area contributed by atoms with Gasteiger partial charge in [-0.2, -0.15) is 0 Å². The van der Waals surface area contributed by atoms with Crippen molar-refractivity contribution >= 4 is 48.5 Å². The molecule has 2 aromatic carbocycles. The first-order chi connectivity index (χ1) is 14.6. The standard InChI is InChI=1S/C24H36Br2O3Si2/c1-7-9-23(27-21-15-11-19(25)12-16-21)30(3,4)29-31(5,6)24(10-8-2)28-22-17-13-20(26)14-18-22/h11-18,23-24H,7-10H2,1-6H3. The summed E-state index contributed by atoms with van der Waals surface area (Å²) in [6.45, 7) is 13.6. The molecule has 0 aromatic heterocycles. The van der Waals surface area contributed by atoms with Crippen LogP contribution in [0.4, 0.5) is 0 Å². The van der Waals surface area contributed by atoms with Crippen LogP contribution in [0.1, 0.15) is 39.5 Å². The zero-order chi connectivity index (χ0) is 23.1. The summed E-state index contributed by atoms with van der Waals surface area (Å²) in [6, 6.07) is 16.2. The zero-order valence-corrected chi connectivity index (χ0v) is 24.8. The first kappa shape index (κ1) is 26.6. The molecule has 2 unspecified atom stereocenters. The molecular formula is C24H36Br2O3Si2. The molecule has 0 radical (unpaired) electrons. The molecule has 0 aliphatic rings. The van der Waals surface area contributed by atoms with E-state index < -0.39 is 16.6 Å². The maximum atomic E-state index is 7.06. The molecule has 3 nitrogen and oxygen atoms in total. The van der Waals surface area contributed by atoms with E-state index in [2.05, 4.69) is 71.9 Å². The van der Waals surface area contributed by atoms with Crippen molar-refractivity contribution in [3.8, 4) is 11.5 Å². The second kappa shape index (κ2) is 12.0. The minimum Gasteiger partial charge on any atom is -0.491 e. The lowest BCUT2D eigenvalue weighted by atomic mass is 10.3. The highest BCUT2D eigenvalue weighted by Gasteiger charge is 2.45. The van der Waals surface area contributed by atoms with Gasteiger partial charge in [0, 0.05) is 8.95 Å². The largest absolute Gasteiger partial charge is 0.491 e. The van der Waals surface area contributed by atoms with Crippen LogP contribution in [-0.4, -0.2) is 28.1 Å². The van der Waals surface area contributed by atoms with Crippen LogP contribution >= 0.6 is 31.9 Å². The minimum absolute atomic E-state index is 0.0976. The summed E-state index contributed by atoms with van der Waals surface area (Å²) in [4.78, 5) is 0. The molecule has 7 heteroatoms. The summed E-state index contributed by atoms with van der Waals surface area (Å²) in [5.41, 5.74) is 0.195. The van der Waals surface area contributed by atoms with Crippen LogP contribution in [0.3, 0.4) is 0 Å². The van der Waals surface area contributed by atoms with Gasteiger partial charge in [-0.05, 0) is 87.6 Å².